The van der Waals surface area contributed by atoms with Crippen molar-refractivity contribution in [3.8, 4) is 6.01 Å². The number of halogens is 3. The Bertz CT molecular complexity index is 1590. The largest absolute Gasteiger partial charge is 0.461 e. The van der Waals surface area contributed by atoms with Gasteiger partial charge in [-0.25, -0.2) is 8.78 Å². The van der Waals surface area contributed by atoms with Gasteiger partial charge in [-0.05, 0) is 90.0 Å². The highest BCUT2D eigenvalue weighted by atomic mass is 79.9. The van der Waals surface area contributed by atoms with E-state index in [0.717, 1.165) is 67.3 Å². The predicted octanol–water partition coefficient (Wildman–Crippen LogP) is 5.44. The van der Waals surface area contributed by atoms with E-state index in [4.69, 9.17) is 14.7 Å². The number of hydrogen-bond acceptors (Lipinski definition) is 6. The topological polar surface area (TPSA) is 53.5 Å². The Kier molecular flexibility index (Phi) is 5.42. The summed E-state index contributed by atoms with van der Waals surface area (Å²) >= 11 is 3.52. The van der Waals surface area contributed by atoms with Gasteiger partial charge in [-0.15, -0.1) is 0 Å². The molecular weight excluding hydrogens is 588 g/mol. The molecular formula is C32H34BrF2N5O. The Morgan fingerprint density at radius 3 is 2.90 bits per heavy atom. The third-order valence-electron chi connectivity index (χ3n) is 11.4. The van der Waals surface area contributed by atoms with Gasteiger partial charge in [0.1, 0.15) is 18.6 Å². The summed E-state index contributed by atoms with van der Waals surface area (Å²) in [6, 6.07) is 11.1. The van der Waals surface area contributed by atoms with Gasteiger partial charge in [0.25, 0.3) is 0 Å². The molecule has 6 aliphatic rings. The molecule has 0 radical (unpaired) electrons. The van der Waals surface area contributed by atoms with E-state index in [0.29, 0.717) is 54.6 Å². The van der Waals surface area contributed by atoms with Crippen molar-refractivity contribution in [2.24, 2.45) is 5.92 Å². The Labute approximate surface area is 247 Å². The van der Waals surface area contributed by atoms with Gasteiger partial charge in [-0.1, -0.05) is 18.2 Å². The van der Waals surface area contributed by atoms with Gasteiger partial charge in [0.05, 0.1) is 27.9 Å². The molecule has 0 amide bonds. The minimum absolute atomic E-state index is 0.120. The molecule has 4 aliphatic heterocycles. The number of rotatable bonds is 5. The maximum atomic E-state index is 14.6. The number of nitrogens with one attached hydrogen (secondary N) is 1. The van der Waals surface area contributed by atoms with Crippen LogP contribution in [-0.2, 0) is 18.4 Å². The van der Waals surface area contributed by atoms with Crippen molar-refractivity contribution in [3.63, 3.8) is 0 Å². The van der Waals surface area contributed by atoms with Crippen LogP contribution >= 0.6 is 15.9 Å². The number of ether oxygens (including phenoxy) is 1. The van der Waals surface area contributed by atoms with E-state index in [-0.39, 0.29) is 16.8 Å². The molecule has 3 saturated heterocycles. The van der Waals surface area contributed by atoms with Crippen LogP contribution in [0.5, 0.6) is 6.01 Å². The molecule has 2 saturated carbocycles. The van der Waals surface area contributed by atoms with Gasteiger partial charge in [0.2, 0.25) is 0 Å². The highest BCUT2D eigenvalue weighted by molar-refractivity contribution is 9.10. The highest BCUT2D eigenvalue weighted by Crippen LogP contribution is 2.63. The summed E-state index contributed by atoms with van der Waals surface area (Å²) in [5.74, 6) is 0.384. The Morgan fingerprint density at radius 2 is 2.05 bits per heavy atom. The number of benzene rings is 2. The zero-order valence-electron chi connectivity index (χ0n) is 23.0. The second kappa shape index (κ2) is 8.83. The Hall–Kier alpha value is -2.36. The van der Waals surface area contributed by atoms with Crippen molar-refractivity contribution < 1.29 is 13.5 Å². The number of piperidine rings is 2. The first-order valence-electron chi connectivity index (χ1n) is 15.2. The van der Waals surface area contributed by atoms with Gasteiger partial charge in [0.15, 0.2) is 0 Å². The van der Waals surface area contributed by atoms with Crippen molar-refractivity contribution >= 4 is 32.4 Å². The zero-order valence-corrected chi connectivity index (χ0v) is 24.6. The van der Waals surface area contributed by atoms with E-state index in [1.807, 2.05) is 18.2 Å². The van der Waals surface area contributed by atoms with Gasteiger partial charge in [-0.2, -0.15) is 9.97 Å². The summed E-state index contributed by atoms with van der Waals surface area (Å²) in [6.07, 6.45) is 6.16. The second-order valence-electron chi connectivity index (χ2n) is 13.4. The second-order valence-corrected chi connectivity index (χ2v) is 14.2. The maximum absolute atomic E-state index is 14.6. The lowest BCUT2D eigenvalue weighted by molar-refractivity contribution is 0.0726. The van der Waals surface area contributed by atoms with Crippen molar-refractivity contribution in [2.75, 3.05) is 31.1 Å². The van der Waals surface area contributed by atoms with Crippen LogP contribution in [0.4, 0.5) is 14.5 Å². The standard InChI is InChI=1S/C32H34BrF2N5O/c33-28-23(35)6-5-18-3-1-4-26(27(18)28)39-10-7-21-25(16-39)37-30(41-17-31-8-2-9-40(31)15-19(34)12-31)38-29(21)32-13-20-11-22(32)24(14-32)36-20/h1,3-6,19-20,22,24,36H,2,7-17H2/t19-,20+,22?,24+,31+,32-/m1/s1. The van der Waals surface area contributed by atoms with Crippen LogP contribution in [0.1, 0.15) is 55.5 Å². The first kappa shape index (κ1) is 25.2. The van der Waals surface area contributed by atoms with Crippen LogP contribution in [0, 0.1) is 11.7 Å². The number of hydrogen-bond donors (Lipinski definition) is 1. The van der Waals surface area contributed by atoms with Crippen molar-refractivity contribution in [3.05, 3.63) is 57.6 Å². The zero-order chi connectivity index (χ0) is 27.5. The van der Waals surface area contributed by atoms with Crippen LogP contribution in [-0.4, -0.2) is 64.9 Å². The smallest absolute Gasteiger partial charge is 0.316 e. The quantitative estimate of drug-likeness (QED) is 0.409. The lowest BCUT2D eigenvalue weighted by atomic mass is 9.55. The SMILES string of the molecule is Fc1ccc2cccc(N3CCc4c(nc(OC[C@@]56CCCN5C[C@H](F)C6)nc4[C@@]45C[C@@H]6CC4[C@H](C5)N6)C3)c2c1Br. The molecule has 9 rings (SSSR count). The van der Waals surface area contributed by atoms with Gasteiger partial charge < -0.3 is 15.0 Å². The Balaban J connectivity index is 1.10. The monoisotopic (exact) mass is 621 g/mol. The van der Waals surface area contributed by atoms with Crippen molar-refractivity contribution in [1.29, 1.82) is 0 Å². The summed E-state index contributed by atoms with van der Waals surface area (Å²) in [4.78, 5) is 14.9. The average Bonchev–Trinajstić information content (AvgIpc) is 3.69. The summed E-state index contributed by atoms with van der Waals surface area (Å²) in [5, 5.41) is 5.69. The van der Waals surface area contributed by atoms with E-state index < -0.39 is 6.17 Å². The molecule has 3 aromatic rings. The van der Waals surface area contributed by atoms with Crippen LogP contribution in [0.25, 0.3) is 10.8 Å². The first-order chi connectivity index (χ1) is 19.9. The molecule has 2 aromatic carbocycles. The van der Waals surface area contributed by atoms with E-state index >= 15 is 0 Å². The molecule has 1 unspecified atom stereocenters. The minimum atomic E-state index is -0.787. The molecule has 6 atom stereocenters. The number of anilines is 1. The molecule has 1 N–H and O–H groups in total. The maximum Gasteiger partial charge on any atom is 0.316 e. The third-order valence-corrected chi connectivity index (χ3v) is 12.2. The molecule has 2 aliphatic carbocycles. The van der Waals surface area contributed by atoms with Gasteiger partial charge in [0, 0.05) is 48.1 Å². The summed E-state index contributed by atoms with van der Waals surface area (Å²) in [7, 11) is 0. The van der Waals surface area contributed by atoms with E-state index in [1.54, 1.807) is 0 Å². The molecule has 6 nitrogen and oxygen atoms in total. The molecule has 41 heavy (non-hydrogen) atoms. The van der Waals surface area contributed by atoms with E-state index in [2.05, 4.69) is 37.1 Å². The lowest BCUT2D eigenvalue weighted by Crippen LogP contribution is -2.61. The minimum Gasteiger partial charge on any atom is -0.461 e. The fourth-order valence-electron chi connectivity index (χ4n) is 9.63. The predicted molar refractivity (Wildman–Crippen MR) is 157 cm³/mol. The molecule has 0 spiro atoms. The number of alkyl halides is 1. The summed E-state index contributed by atoms with van der Waals surface area (Å²) in [5.41, 5.74) is 4.41. The number of fused-ring (bicyclic) bond motifs is 4. The molecule has 214 valence electrons. The molecule has 1 aromatic heterocycles. The fourth-order valence-corrected chi connectivity index (χ4v) is 10.2. The van der Waals surface area contributed by atoms with Crippen LogP contribution in [0.3, 0.4) is 0 Å². The molecule has 2 bridgehead atoms. The van der Waals surface area contributed by atoms with Crippen LogP contribution < -0.4 is 15.0 Å². The average molecular weight is 623 g/mol. The van der Waals surface area contributed by atoms with Crippen molar-refractivity contribution in [2.45, 2.75) is 80.7 Å². The molecule has 9 heteroatoms. The van der Waals surface area contributed by atoms with Gasteiger partial charge >= 0.3 is 6.01 Å². The number of aromatic nitrogens is 2. The van der Waals surface area contributed by atoms with Gasteiger partial charge in [-0.3, -0.25) is 4.90 Å². The molecule has 5 heterocycles. The van der Waals surface area contributed by atoms with E-state index in [1.165, 1.54) is 23.7 Å². The van der Waals surface area contributed by atoms with Crippen LogP contribution in [0.15, 0.2) is 34.8 Å². The van der Waals surface area contributed by atoms with Crippen molar-refractivity contribution in [1.82, 2.24) is 20.2 Å². The summed E-state index contributed by atoms with van der Waals surface area (Å²) in [6.45, 7) is 3.34. The Morgan fingerprint density at radius 1 is 1.12 bits per heavy atom. The normalized spacial score (nSPS) is 35.1. The van der Waals surface area contributed by atoms with Crippen LogP contribution in [0.2, 0.25) is 0 Å². The third kappa shape index (κ3) is 3.58. The fraction of sp³-hybridized carbons (Fsp3) is 0.562. The number of nitrogens with zero attached hydrogens (tertiary/aromatic N) is 4. The first-order valence-corrected chi connectivity index (χ1v) is 16.0. The molecule has 5 fully saturated rings. The lowest BCUT2D eigenvalue weighted by Gasteiger charge is -2.54. The highest BCUT2D eigenvalue weighted by Gasteiger charge is 2.66. The van der Waals surface area contributed by atoms with E-state index in [9.17, 15) is 8.78 Å². The summed E-state index contributed by atoms with van der Waals surface area (Å²) < 4.78 is 36.1.